The second-order valence-corrected chi connectivity index (χ2v) is 5.33. The van der Waals surface area contributed by atoms with Gasteiger partial charge in [-0.3, -0.25) is 0 Å². The molecule has 2 nitrogen and oxygen atoms in total. The Bertz CT molecular complexity index is 575. The van der Waals surface area contributed by atoms with Crippen molar-refractivity contribution in [2.24, 2.45) is 0 Å². The summed E-state index contributed by atoms with van der Waals surface area (Å²) in [5.74, 6) is 0.839. The zero-order valence-electron chi connectivity index (χ0n) is 11.6. The van der Waals surface area contributed by atoms with Gasteiger partial charge in [-0.25, -0.2) is 0 Å². The van der Waals surface area contributed by atoms with Crippen LogP contribution in [0.3, 0.4) is 0 Å². The van der Waals surface area contributed by atoms with E-state index >= 15 is 0 Å². The van der Waals surface area contributed by atoms with Crippen LogP contribution >= 0.6 is 11.3 Å². The lowest BCUT2D eigenvalue weighted by Gasteiger charge is -2.20. The predicted octanol–water partition coefficient (Wildman–Crippen LogP) is 4.37. The van der Waals surface area contributed by atoms with Crippen molar-refractivity contribution in [2.45, 2.75) is 6.10 Å². The molecule has 0 bridgehead atoms. The lowest BCUT2D eigenvalue weighted by Crippen LogP contribution is -2.21. The first-order chi connectivity index (χ1) is 9.80. The Morgan fingerprint density at radius 2 is 2.10 bits per heavy atom. The monoisotopic (exact) mass is 285 g/mol. The van der Waals surface area contributed by atoms with Gasteiger partial charge in [-0.05, 0) is 30.1 Å². The van der Waals surface area contributed by atoms with E-state index < -0.39 is 0 Å². The summed E-state index contributed by atoms with van der Waals surface area (Å²) in [6.45, 7) is 8.47. The van der Waals surface area contributed by atoms with Crippen molar-refractivity contribution in [3.8, 4) is 5.75 Å². The molecule has 0 amide bonds. The number of nitrogens with one attached hydrogen (secondary N) is 1. The second-order valence-electron chi connectivity index (χ2n) is 4.35. The van der Waals surface area contributed by atoms with Gasteiger partial charge in [0.05, 0.1) is 0 Å². The molecule has 3 heteroatoms. The first-order valence-corrected chi connectivity index (χ1v) is 7.40. The number of likely N-dealkylation sites (N-methyl/N-ethyl adjacent to an activating group) is 1. The lowest BCUT2D eigenvalue weighted by molar-refractivity contribution is 0.208. The van der Waals surface area contributed by atoms with Gasteiger partial charge in [0, 0.05) is 17.0 Å². The van der Waals surface area contributed by atoms with Crippen molar-refractivity contribution >= 4 is 23.5 Å². The first-order valence-electron chi connectivity index (χ1n) is 6.52. The maximum atomic E-state index is 6.19. The molecule has 0 aliphatic heterocycles. The summed E-state index contributed by atoms with van der Waals surface area (Å²) in [6, 6.07) is 10.1. The van der Waals surface area contributed by atoms with Crippen LogP contribution in [0.1, 0.15) is 22.1 Å². The third kappa shape index (κ3) is 3.18. The molecule has 104 valence electrons. The van der Waals surface area contributed by atoms with Gasteiger partial charge in [0.2, 0.25) is 0 Å². The van der Waals surface area contributed by atoms with E-state index in [9.17, 15) is 0 Å². The molecule has 20 heavy (non-hydrogen) atoms. The van der Waals surface area contributed by atoms with Crippen molar-refractivity contribution in [1.82, 2.24) is 5.32 Å². The van der Waals surface area contributed by atoms with Crippen LogP contribution in [0.5, 0.6) is 5.75 Å². The molecule has 0 radical (unpaired) electrons. The molecule has 1 aromatic carbocycles. The Hall–Kier alpha value is -1.84. The quantitative estimate of drug-likeness (QED) is 0.815. The van der Waals surface area contributed by atoms with E-state index in [2.05, 4.69) is 29.9 Å². The van der Waals surface area contributed by atoms with Crippen LogP contribution < -0.4 is 10.1 Å². The van der Waals surface area contributed by atoms with Crippen LogP contribution in [0.4, 0.5) is 0 Å². The number of rotatable bonds is 7. The summed E-state index contributed by atoms with van der Waals surface area (Å²) >= 11 is 1.70. The van der Waals surface area contributed by atoms with Crippen LogP contribution in [0.25, 0.3) is 12.2 Å². The first kappa shape index (κ1) is 14.6. The van der Waals surface area contributed by atoms with E-state index in [0.717, 1.165) is 23.4 Å². The number of thiophene rings is 1. The molecule has 0 aliphatic carbocycles. The van der Waals surface area contributed by atoms with Gasteiger partial charge in [0.1, 0.15) is 11.9 Å². The number of benzene rings is 1. The minimum Gasteiger partial charge on any atom is -0.483 e. The molecule has 0 saturated heterocycles. The fourth-order valence-corrected chi connectivity index (χ4v) is 2.83. The Morgan fingerprint density at radius 3 is 2.70 bits per heavy atom. The van der Waals surface area contributed by atoms with Gasteiger partial charge in [0.25, 0.3) is 0 Å². The second kappa shape index (κ2) is 7.08. The molecule has 2 rings (SSSR count). The summed E-state index contributed by atoms with van der Waals surface area (Å²) in [7, 11) is 1.93. The van der Waals surface area contributed by atoms with E-state index in [1.165, 1.54) is 4.88 Å². The largest absolute Gasteiger partial charge is 0.483 e. The third-order valence-electron chi connectivity index (χ3n) is 3.04. The molecule has 0 fully saturated rings. The van der Waals surface area contributed by atoms with Crippen molar-refractivity contribution in [1.29, 1.82) is 0 Å². The lowest BCUT2D eigenvalue weighted by atomic mass is 10.1. The Labute approximate surface area is 124 Å². The van der Waals surface area contributed by atoms with Crippen molar-refractivity contribution in [2.75, 3.05) is 13.6 Å². The van der Waals surface area contributed by atoms with Gasteiger partial charge in [-0.2, -0.15) is 0 Å². The highest BCUT2D eigenvalue weighted by Crippen LogP contribution is 2.30. The summed E-state index contributed by atoms with van der Waals surface area (Å²) in [5.41, 5.74) is 2.02. The number of ether oxygens (including phenoxy) is 1. The topological polar surface area (TPSA) is 21.3 Å². The average molecular weight is 285 g/mol. The van der Waals surface area contributed by atoms with Crippen molar-refractivity contribution < 1.29 is 4.74 Å². The molecular formula is C17H19NOS. The fourth-order valence-electron chi connectivity index (χ4n) is 2.07. The van der Waals surface area contributed by atoms with Crippen LogP contribution in [-0.2, 0) is 0 Å². The van der Waals surface area contributed by atoms with Crippen molar-refractivity contribution in [3.63, 3.8) is 0 Å². The summed E-state index contributed by atoms with van der Waals surface area (Å²) in [4.78, 5) is 1.21. The van der Waals surface area contributed by atoms with Gasteiger partial charge in [0.15, 0.2) is 0 Å². The van der Waals surface area contributed by atoms with Crippen LogP contribution in [-0.4, -0.2) is 13.6 Å². The summed E-state index contributed by atoms with van der Waals surface area (Å²) in [5, 5.41) is 5.24. The molecule has 0 aliphatic rings. The average Bonchev–Trinajstić information content (AvgIpc) is 3.00. The maximum absolute atomic E-state index is 6.19. The maximum Gasteiger partial charge on any atom is 0.145 e. The van der Waals surface area contributed by atoms with Gasteiger partial charge in [-0.15, -0.1) is 11.3 Å². The van der Waals surface area contributed by atoms with Crippen LogP contribution in [0.2, 0.25) is 0 Å². The normalized spacial score (nSPS) is 11.8. The van der Waals surface area contributed by atoms with Crippen molar-refractivity contribution in [3.05, 3.63) is 64.9 Å². The Morgan fingerprint density at radius 1 is 1.25 bits per heavy atom. The number of hydrogen-bond acceptors (Lipinski definition) is 3. The number of hydrogen-bond donors (Lipinski definition) is 1. The standard InChI is InChI=1S/C17H19NOS/c1-4-13-8-6-9-15(14(13)5-2)19-16(12-18-3)17-10-7-11-20-17/h4-11,16,18H,1-2,12H2,3H3/t16-/m0/s1. The fraction of sp³-hybridized carbons (Fsp3) is 0.176. The molecule has 2 aromatic rings. The zero-order valence-corrected chi connectivity index (χ0v) is 12.5. The van der Waals surface area contributed by atoms with Gasteiger partial charge >= 0.3 is 0 Å². The van der Waals surface area contributed by atoms with E-state index in [-0.39, 0.29) is 6.10 Å². The van der Waals surface area contributed by atoms with Gasteiger partial charge in [-0.1, -0.05) is 43.5 Å². The molecule has 1 N–H and O–H groups in total. The Balaban J connectivity index is 2.31. The summed E-state index contributed by atoms with van der Waals surface area (Å²) in [6.07, 6.45) is 3.64. The highest BCUT2D eigenvalue weighted by Gasteiger charge is 2.15. The Kier molecular flexibility index (Phi) is 5.16. The molecule has 1 atom stereocenters. The molecule has 0 saturated carbocycles. The third-order valence-corrected chi connectivity index (χ3v) is 4.01. The molecule has 0 unspecified atom stereocenters. The minimum atomic E-state index is -0.00114. The molecular weight excluding hydrogens is 266 g/mol. The predicted molar refractivity (Wildman–Crippen MR) is 88.2 cm³/mol. The minimum absolute atomic E-state index is 0.00114. The SMILES string of the molecule is C=Cc1cccc(O[C@@H](CNC)c2cccs2)c1C=C. The van der Waals surface area contributed by atoms with E-state index in [1.807, 2.05) is 43.5 Å². The van der Waals surface area contributed by atoms with Crippen LogP contribution in [0, 0.1) is 0 Å². The highest BCUT2D eigenvalue weighted by atomic mass is 32.1. The zero-order chi connectivity index (χ0) is 14.4. The molecule has 0 spiro atoms. The molecule has 1 heterocycles. The van der Waals surface area contributed by atoms with E-state index in [4.69, 9.17) is 4.74 Å². The molecule has 1 aromatic heterocycles. The van der Waals surface area contributed by atoms with E-state index in [1.54, 1.807) is 11.3 Å². The van der Waals surface area contributed by atoms with E-state index in [0.29, 0.717) is 0 Å². The highest BCUT2D eigenvalue weighted by molar-refractivity contribution is 7.10. The van der Waals surface area contributed by atoms with Gasteiger partial charge < -0.3 is 10.1 Å². The van der Waals surface area contributed by atoms with Crippen LogP contribution in [0.15, 0.2) is 48.9 Å². The summed E-state index contributed by atoms with van der Waals surface area (Å²) < 4.78 is 6.19. The smallest absolute Gasteiger partial charge is 0.145 e.